The number of carbonyl (C=O) groups excluding carboxylic acids is 5. The smallest absolute Gasteiger partial charge is 0.329 e. The fourth-order valence-electron chi connectivity index (χ4n) is 10.1. The normalized spacial score (nSPS) is 40.4. The van der Waals surface area contributed by atoms with E-state index in [4.69, 9.17) is 23.7 Å². The quantitative estimate of drug-likeness (QED) is 0.156. The van der Waals surface area contributed by atoms with Crippen molar-refractivity contribution >= 4 is 29.2 Å². The minimum atomic E-state index is -2.43. The minimum absolute atomic E-state index is 0.0193. The summed E-state index contributed by atoms with van der Waals surface area (Å²) in [6.45, 7) is 12.7. The first-order valence-corrected chi connectivity index (χ1v) is 23.9. The molecule has 0 aromatic carbocycles. The van der Waals surface area contributed by atoms with Crippen molar-refractivity contribution in [2.24, 2.45) is 35.5 Å². The SMILES string of the molecule is CO[C@H]1C[C@@H]2CC[C@@H](C)C(O)(O2)C(=O)C(=O)N2CCCCC2C(=O)OC([C@H](C)C[C@@H]2CC[C@@H](O)[C@H](OC)C2)CC(=O)[C@H](C)/C=C(\C)[C@@H](O)[C@@H](OC)C(=O)[C@H](C)C[C@H](C)/C=C/C=C/C=C/1C. The van der Waals surface area contributed by atoms with Crippen LogP contribution in [0.4, 0.5) is 0 Å². The number of esters is 1. The Hall–Kier alpha value is -3.37. The number of methoxy groups -OCH3 is 3. The molecule has 4 rings (SSSR count). The molecule has 0 radical (unpaired) electrons. The van der Waals surface area contributed by atoms with Crippen LogP contribution in [0.5, 0.6) is 0 Å². The average molecular weight is 914 g/mol. The number of hydrogen-bond acceptors (Lipinski definition) is 13. The molecule has 14 heteroatoms. The highest BCUT2D eigenvalue weighted by molar-refractivity contribution is 6.39. The highest BCUT2D eigenvalue weighted by Gasteiger charge is 2.53. The number of allylic oxidation sites excluding steroid dienone is 6. The van der Waals surface area contributed by atoms with Crippen molar-refractivity contribution in [3.8, 4) is 0 Å². The molecule has 1 amide bonds. The van der Waals surface area contributed by atoms with Crippen LogP contribution in [0, 0.1) is 35.5 Å². The van der Waals surface area contributed by atoms with Gasteiger partial charge in [0.15, 0.2) is 5.78 Å². The largest absolute Gasteiger partial charge is 0.460 e. The van der Waals surface area contributed by atoms with Crippen LogP contribution in [0.1, 0.15) is 126 Å². The first-order valence-electron chi connectivity index (χ1n) is 23.9. The second-order valence-electron chi connectivity index (χ2n) is 19.6. The van der Waals surface area contributed by atoms with Crippen molar-refractivity contribution in [1.29, 1.82) is 0 Å². The van der Waals surface area contributed by atoms with Crippen LogP contribution in [0.2, 0.25) is 0 Å². The van der Waals surface area contributed by atoms with Gasteiger partial charge in [0, 0.05) is 58.5 Å². The van der Waals surface area contributed by atoms with E-state index in [-0.39, 0.29) is 54.8 Å². The van der Waals surface area contributed by atoms with Crippen molar-refractivity contribution in [2.45, 2.75) is 180 Å². The molecule has 14 nitrogen and oxygen atoms in total. The summed E-state index contributed by atoms with van der Waals surface area (Å²) in [4.78, 5) is 71.8. The summed E-state index contributed by atoms with van der Waals surface area (Å²) in [5.74, 6) is -7.96. The summed E-state index contributed by atoms with van der Waals surface area (Å²) in [6.07, 6.45) is 11.2. The summed E-state index contributed by atoms with van der Waals surface area (Å²) >= 11 is 0. The van der Waals surface area contributed by atoms with Gasteiger partial charge in [-0.05, 0) is 107 Å². The van der Waals surface area contributed by atoms with E-state index in [1.165, 1.54) is 12.0 Å². The van der Waals surface area contributed by atoms with Gasteiger partial charge in [0.05, 0.1) is 24.4 Å². The van der Waals surface area contributed by atoms with Crippen molar-refractivity contribution in [2.75, 3.05) is 27.9 Å². The zero-order valence-corrected chi connectivity index (χ0v) is 40.6. The number of aliphatic hydroxyl groups is 3. The number of carbonyl (C=O) groups is 5. The molecule has 15 atom stereocenters. The maximum Gasteiger partial charge on any atom is 0.329 e. The van der Waals surface area contributed by atoms with E-state index in [2.05, 4.69) is 0 Å². The predicted molar refractivity (Wildman–Crippen MR) is 245 cm³/mol. The Labute approximate surface area is 387 Å². The van der Waals surface area contributed by atoms with Gasteiger partial charge in [-0.25, -0.2) is 4.79 Å². The molecule has 366 valence electrons. The van der Waals surface area contributed by atoms with Crippen molar-refractivity contribution in [1.82, 2.24) is 4.90 Å². The van der Waals surface area contributed by atoms with Gasteiger partial charge in [-0.15, -0.1) is 0 Å². The van der Waals surface area contributed by atoms with E-state index in [0.29, 0.717) is 63.4 Å². The Balaban J connectivity index is 1.70. The van der Waals surface area contributed by atoms with Gasteiger partial charge in [0.1, 0.15) is 30.1 Å². The maximum atomic E-state index is 14.4. The molecular weight excluding hydrogens is 835 g/mol. The van der Waals surface area contributed by atoms with Gasteiger partial charge in [-0.3, -0.25) is 19.2 Å². The molecule has 3 N–H and O–H groups in total. The van der Waals surface area contributed by atoms with Gasteiger partial charge in [0.2, 0.25) is 5.79 Å². The Kier molecular flexibility index (Phi) is 21.0. The lowest BCUT2D eigenvalue weighted by Gasteiger charge is -2.42. The number of Topliss-reactive ketones (excluding diaryl/α,β-unsaturated/α-hetero) is 3. The van der Waals surface area contributed by atoms with Crippen LogP contribution in [-0.2, 0) is 47.7 Å². The highest BCUT2D eigenvalue weighted by Crippen LogP contribution is 2.38. The van der Waals surface area contributed by atoms with Crippen LogP contribution < -0.4 is 0 Å². The molecule has 0 aromatic rings. The zero-order valence-electron chi connectivity index (χ0n) is 40.6. The molecule has 0 spiro atoms. The first kappa shape index (κ1) is 54.2. The third kappa shape index (κ3) is 14.3. The molecule has 3 unspecified atom stereocenters. The molecule has 3 heterocycles. The minimum Gasteiger partial charge on any atom is -0.460 e. The highest BCUT2D eigenvalue weighted by atomic mass is 16.6. The molecule has 3 fully saturated rings. The lowest BCUT2D eigenvalue weighted by molar-refractivity contribution is -0.265. The topological polar surface area (TPSA) is 195 Å². The molecule has 3 aliphatic heterocycles. The van der Waals surface area contributed by atoms with Gasteiger partial charge in [-0.2, -0.15) is 0 Å². The van der Waals surface area contributed by atoms with Crippen LogP contribution in [0.3, 0.4) is 0 Å². The van der Waals surface area contributed by atoms with E-state index >= 15 is 0 Å². The second kappa shape index (κ2) is 25.1. The summed E-state index contributed by atoms with van der Waals surface area (Å²) in [5.41, 5.74) is 1.27. The number of ether oxygens (including phenoxy) is 5. The van der Waals surface area contributed by atoms with E-state index in [1.807, 2.05) is 58.1 Å². The molecule has 2 bridgehead atoms. The maximum absolute atomic E-state index is 14.4. The van der Waals surface area contributed by atoms with Gasteiger partial charge in [-0.1, -0.05) is 71.1 Å². The summed E-state index contributed by atoms with van der Waals surface area (Å²) < 4.78 is 29.4. The van der Waals surface area contributed by atoms with Crippen molar-refractivity contribution in [3.63, 3.8) is 0 Å². The first-order chi connectivity index (χ1) is 30.7. The van der Waals surface area contributed by atoms with Crippen molar-refractivity contribution < 1.29 is 63.0 Å². The number of cyclic esters (lactones) is 1. The van der Waals surface area contributed by atoms with Crippen LogP contribution in [0.25, 0.3) is 0 Å². The molecular formula is C51H79NO13. The predicted octanol–water partition coefficient (Wildman–Crippen LogP) is 6.18. The standard InChI is InChI=1S/C51H79NO13/c1-30-16-12-11-13-17-31(2)42(61-8)28-38-21-19-36(7)51(60,65-38)48(57)49(58)52-23-15-14-18-39(52)50(59)64-43(33(4)26-37-20-22-40(53)44(27-37)62-9)29-41(54)32(3)25-35(6)46(56)47(63-10)45(55)34(5)24-30/h11-13,16-17,25,30,32-34,36-40,42-44,46-47,53,56,60H,14-15,18-24,26-29H2,1-10H3/b13-11+,16-12+,31-17+,35-25+/t30-,32-,33-,34-,36-,37+,38+,39?,40-,42+,43?,44-,46-,47+,51?/m1/s1. The van der Waals surface area contributed by atoms with Gasteiger partial charge >= 0.3 is 5.97 Å². The number of ketones is 3. The fourth-order valence-corrected chi connectivity index (χ4v) is 10.1. The number of piperidine rings is 1. The summed E-state index contributed by atoms with van der Waals surface area (Å²) in [6, 6.07) is -1.14. The van der Waals surface area contributed by atoms with Crippen LogP contribution >= 0.6 is 0 Å². The summed E-state index contributed by atoms with van der Waals surface area (Å²) in [7, 11) is 4.52. The molecule has 65 heavy (non-hydrogen) atoms. The lowest BCUT2D eigenvalue weighted by Crippen LogP contribution is -2.61. The van der Waals surface area contributed by atoms with E-state index in [0.717, 1.165) is 12.0 Å². The Morgan fingerprint density at radius 2 is 1.57 bits per heavy atom. The van der Waals surface area contributed by atoms with Crippen LogP contribution in [-0.4, -0.2) is 132 Å². The number of hydrogen-bond donors (Lipinski definition) is 3. The monoisotopic (exact) mass is 914 g/mol. The Morgan fingerprint density at radius 1 is 0.846 bits per heavy atom. The van der Waals surface area contributed by atoms with E-state index in [9.17, 15) is 39.3 Å². The Bertz CT molecular complexity index is 1760. The number of fused-ring (bicyclic) bond motifs is 3. The third-order valence-corrected chi connectivity index (χ3v) is 14.5. The fraction of sp³-hybridized carbons (Fsp3) is 0.745. The third-order valence-electron chi connectivity index (χ3n) is 14.5. The second-order valence-corrected chi connectivity index (χ2v) is 19.6. The van der Waals surface area contributed by atoms with Gasteiger partial charge < -0.3 is 43.9 Å². The molecule has 1 aliphatic carbocycles. The lowest BCUT2D eigenvalue weighted by atomic mass is 9.78. The molecule has 1 saturated carbocycles. The van der Waals surface area contributed by atoms with Crippen LogP contribution in [0.15, 0.2) is 47.6 Å². The number of rotatable bonds is 6. The average Bonchev–Trinajstić information content (AvgIpc) is 3.28. The summed E-state index contributed by atoms with van der Waals surface area (Å²) in [5, 5.41) is 33.8. The van der Waals surface area contributed by atoms with Crippen molar-refractivity contribution in [3.05, 3.63) is 47.6 Å². The Morgan fingerprint density at radius 3 is 2.25 bits per heavy atom. The molecule has 0 aromatic heterocycles. The van der Waals surface area contributed by atoms with E-state index in [1.54, 1.807) is 41.1 Å². The number of aliphatic hydroxyl groups excluding tert-OH is 2. The number of nitrogens with zero attached hydrogens (tertiary/aromatic N) is 1. The molecule has 4 aliphatic rings. The zero-order chi connectivity index (χ0) is 48.2. The molecule has 2 saturated heterocycles. The van der Waals surface area contributed by atoms with E-state index < -0.39 is 83.9 Å². The van der Waals surface area contributed by atoms with Gasteiger partial charge in [0.25, 0.3) is 11.7 Å². The number of amides is 1.